The lowest BCUT2D eigenvalue weighted by atomic mass is 9.86. The summed E-state index contributed by atoms with van der Waals surface area (Å²) in [6, 6.07) is 6.65. The summed E-state index contributed by atoms with van der Waals surface area (Å²) in [5.41, 5.74) is 2.54. The van der Waals surface area contributed by atoms with E-state index in [1.807, 2.05) is 12.1 Å². The molecule has 0 saturated carbocycles. The van der Waals surface area contributed by atoms with Crippen molar-refractivity contribution in [1.82, 2.24) is 4.90 Å². The molecule has 2 rings (SSSR count). The van der Waals surface area contributed by atoms with Crippen molar-refractivity contribution in [3.63, 3.8) is 0 Å². The maximum absolute atomic E-state index is 9.91. The number of phenols is 1. The van der Waals surface area contributed by atoms with Crippen LogP contribution in [-0.2, 0) is 12.8 Å². The van der Waals surface area contributed by atoms with Crippen LogP contribution < -0.4 is 0 Å². The average molecular weight is 261 g/mol. The summed E-state index contributed by atoms with van der Waals surface area (Å²) in [4.78, 5) is 2.66. The van der Waals surface area contributed by atoms with Gasteiger partial charge in [-0.3, -0.25) is 0 Å². The van der Waals surface area contributed by atoms with Crippen molar-refractivity contribution in [2.45, 2.75) is 58.4 Å². The van der Waals surface area contributed by atoms with E-state index in [9.17, 15) is 5.11 Å². The molecule has 1 aromatic carbocycles. The van der Waals surface area contributed by atoms with E-state index in [2.05, 4.69) is 24.8 Å². The van der Waals surface area contributed by atoms with E-state index in [0.29, 0.717) is 11.8 Å². The number of benzene rings is 1. The lowest BCUT2D eigenvalue weighted by Crippen LogP contribution is -2.40. The molecule has 1 unspecified atom stereocenters. The van der Waals surface area contributed by atoms with Gasteiger partial charge in [-0.25, -0.2) is 0 Å². The number of hydrogen-bond acceptors (Lipinski definition) is 2. The van der Waals surface area contributed by atoms with Crippen LogP contribution in [0.4, 0.5) is 0 Å². The molecule has 0 radical (unpaired) electrons. The predicted molar refractivity (Wildman–Crippen MR) is 80.7 cm³/mol. The van der Waals surface area contributed by atoms with Gasteiger partial charge in [-0.15, -0.1) is 0 Å². The first-order chi connectivity index (χ1) is 9.26. The predicted octanol–water partition coefficient (Wildman–Crippen LogP) is 3.76. The van der Waals surface area contributed by atoms with Crippen LogP contribution in [0.15, 0.2) is 18.2 Å². The fourth-order valence-electron chi connectivity index (χ4n) is 3.20. The minimum absolute atomic E-state index is 0.492. The molecule has 0 amide bonds. The van der Waals surface area contributed by atoms with Crippen LogP contribution in [0.25, 0.3) is 0 Å². The quantitative estimate of drug-likeness (QED) is 0.842. The highest BCUT2D eigenvalue weighted by Crippen LogP contribution is 2.30. The highest BCUT2D eigenvalue weighted by atomic mass is 16.3. The summed E-state index contributed by atoms with van der Waals surface area (Å²) in [6.07, 6.45) is 7.11. The number of nitrogens with zero attached hydrogens (tertiary/aromatic N) is 1. The summed E-state index contributed by atoms with van der Waals surface area (Å²) >= 11 is 0. The fraction of sp³-hybridized carbons (Fsp3) is 0.647. The Balaban J connectivity index is 2.06. The van der Waals surface area contributed by atoms with Crippen molar-refractivity contribution < 1.29 is 5.11 Å². The van der Waals surface area contributed by atoms with Crippen LogP contribution in [0.3, 0.4) is 0 Å². The zero-order valence-corrected chi connectivity index (χ0v) is 12.4. The zero-order valence-electron chi connectivity index (χ0n) is 12.4. The van der Waals surface area contributed by atoms with E-state index in [4.69, 9.17) is 0 Å². The molecule has 0 heterocycles. The van der Waals surface area contributed by atoms with Crippen LogP contribution in [0.1, 0.15) is 50.7 Å². The molecule has 106 valence electrons. The van der Waals surface area contributed by atoms with Crippen molar-refractivity contribution in [2.24, 2.45) is 0 Å². The smallest absolute Gasteiger partial charge is 0.119 e. The summed E-state index contributed by atoms with van der Waals surface area (Å²) in [5, 5.41) is 9.91. The van der Waals surface area contributed by atoms with Gasteiger partial charge in [-0.2, -0.15) is 0 Å². The Morgan fingerprint density at radius 3 is 2.79 bits per heavy atom. The van der Waals surface area contributed by atoms with Crippen molar-refractivity contribution in [3.05, 3.63) is 29.3 Å². The van der Waals surface area contributed by atoms with E-state index >= 15 is 0 Å². The molecule has 1 atom stereocenters. The number of rotatable bonds is 6. The van der Waals surface area contributed by atoms with Gasteiger partial charge in [0.05, 0.1) is 0 Å². The first kappa shape index (κ1) is 14.4. The van der Waals surface area contributed by atoms with Gasteiger partial charge in [0.1, 0.15) is 5.75 Å². The van der Waals surface area contributed by atoms with Crippen LogP contribution in [0.2, 0.25) is 0 Å². The number of unbranched alkanes of at least 4 members (excludes halogenated alkanes) is 1. The van der Waals surface area contributed by atoms with Crippen molar-refractivity contribution in [2.75, 3.05) is 13.1 Å². The molecule has 0 aliphatic heterocycles. The topological polar surface area (TPSA) is 23.5 Å². The van der Waals surface area contributed by atoms with Gasteiger partial charge in [-0.05, 0) is 62.4 Å². The Hall–Kier alpha value is -1.02. The summed E-state index contributed by atoms with van der Waals surface area (Å²) in [7, 11) is 0. The molecule has 0 saturated heterocycles. The standard InChI is InChI=1S/C17H27NO/c1-3-5-12-18(11-4-2)15-9-10-16-14(13-15)7-6-8-17(16)19/h6-8,15,19H,3-5,9-13H2,1-2H3. The third kappa shape index (κ3) is 3.50. The second-order valence-electron chi connectivity index (χ2n) is 5.70. The van der Waals surface area contributed by atoms with Gasteiger partial charge in [0.25, 0.3) is 0 Å². The summed E-state index contributed by atoms with van der Waals surface area (Å²) < 4.78 is 0. The molecule has 2 heteroatoms. The van der Waals surface area contributed by atoms with E-state index in [0.717, 1.165) is 12.8 Å². The maximum atomic E-state index is 9.91. The van der Waals surface area contributed by atoms with E-state index < -0.39 is 0 Å². The molecular formula is C17H27NO. The molecule has 1 aliphatic carbocycles. The largest absolute Gasteiger partial charge is 0.508 e. The SMILES string of the molecule is CCCCN(CCC)C1CCc2c(O)cccc2C1. The second kappa shape index (κ2) is 6.95. The van der Waals surface area contributed by atoms with Crippen LogP contribution in [0.5, 0.6) is 5.75 Å². The van der Waals surface area contributed by atoms with Crippen LogP contribution in [-0.4, -0.2) is 29.1 Å². The van der Waals surface area contributed by atoms with Crippen molar-refractivity contribution >= 4 is 0 Å². The van der Waals surface area contributed by atoms with Gasteiger partial charge in [-0.1, -0.05) is 32.4 Å². The Kier molecular flexibility index (Phi) is 5.26. The molecule has 1 aliphatic rings. The van der Waals surface area contributed by atoms with Crippen LogP contribution >= 0.6 is 0 Å². The molecule has 2 nitrogen and oxygen atoms in total. The minimum atomic E-state index is 0.492. The molecule has 0 fully saturated rings. The lowest BCUT2D eigenvalue weighted by Gasteiger charge is -2.35. The number of phenolic OH excluding ortho intramolecular Hbond substituents is 1. The van der Waals surface area contributed by atoms with Gasteiger partial charge in [0, 0.05) is 6.04 Å². The number of fused-ring (bicyclic) bond motifs is 1. The third-order valence-corrected chi connectivity index (χ3v) is 4.26. The Morgan fingerprint density at radius 2 is 2.05 bits per heavy atom. The highest BCUT2D eigenvalue weighted by molar-refractivity contribution is 5.41. The lowest BCUT2D eigenvalue weighted by molar-refractivity contribution is 0.176. The maximum Gasteiger partial charge on any atom is 0.119 e. The molecule has 0 spiro atoms. The summed E-state index contributed by atoms with van der Waals surface area (Å²) in [6.45, 7) is 6.96. The number of hydrogen-bond donors (Lipinski definition) is 1. The third-order valence-electron chi connectivity index (χ3n) is 4.26. The zero-order chi connectivity index (χ0) is 13.7. The monoisotopic (exact) mass is 261 g/mol. The molecule has 0 aromatic heterocycles. The molecule has 1 aromatic rings. The molecular weight excluding hydrogens is 234 g/mol. The van der Waals surface area contributed by atoms with E-state index in [-0.39, 0.29) is 0 Å². The average Bonchev–Trinajstić information content (AvgIpc) is 2.43. The Morgan fingerprint density at radius 1 is 1.21 bits per heavy atom. The van der Waals surface area contributed by atoms with Crippen molar-refractivity contribution in [1.29, 1.82) is 0 Å². The van der Waals surface area contributed by atoms with Gasteiger partial charge in [0.2, 0.25) is 0 Å². The molecule has 19 heavy (non-hydrogen) atoms. The Bertz CT molecular complexity index is 402. The minimum Gasteiger partial charge on any atom is -0.508 e. The van der Waals surface area contributed by atoms with E-state index in [1.165, 1.54) is 49.9 Å². The Labute approximate surface area is 117 Å². The van der Waals surface area contributed by atoms with Gasteiger partial charge < -0.3 is 10.0 Å². The van der Waals surface area contributed by atoms with Crippen molar-refractivity contribution in [3.8, 4) is 5.75 Å². The first-order valence-corrected chi connectivity index (χ1v) is 7.80. The fourth-order valence-corrected chi connectivity index (χ4v) is 3.20. The van der Waals surface area contributed by atoms with Gasteiger partial charge >= 0.3 is 0 Å². The van der Waals surface area contributed by atoms with Crippen LogP contribution in [0, 0.1) is 0 Å². The molecule has 0 bridgehead atoms. The van der Waals surface area contributed by atoms with Gasteiger partial charge in [0.15, 0.2) is 0 Å². The summed E-state index contributed by atoms with van der Waals surface area (Å²) in [5.74, 6) is 0.492. The highest BCUT2D eigenvalue weighted by Gasteiger charge is 2.24. The normalized spacial score (nSPS) is 18.6. The molecule has 1 N–H and O–H groups in total. The first-order valence-electron chi connectivity index (χ1n) is 7.80. The number of aromatic hydroxyl groups is 1. The second-order valence-corrected chi connectivity index (χ2v) is 5.70. The van der Waals surface area contributed by atoms with E-state index in [1.54, 1.807) is 0 Å².